The molecule has 1 aliphatic rings. The van der Waals surface area contributed by atoms with Crippen molar-refractivity contribution in [3.05, 3.63) is 0 Å². The monoisotopic (exact) mass is 272 g/mol. The van der Waals surface area contributed by atoms with E-state index in [1.807, 2.05) is 6.92 Å². The van der Waals surface area contributed by atoms with Gasteiger partial charge in [-0.05, 0) is 19.3 Å². The van der Waals surface area contributed by atoms with Crippen molar-refractivity contribution in [2.24, 2.45) is 0 Å². The maximum Gasteiger partial charge on any atom is 0.326 e. The van der Waals surface area contributed by atoms with Crippen molar-refractivity contribution in [2.75, 3.05) is 13.2 Å². The normalized spacial score (nSPS) is 17.2. The van der Waals surface area contributed by atoms with Gasteiger partial charge in [0, 0.05) is 12.6 Å². The van der Waals surface area contributed by atoms with Crippen LogP contribution >= 0.6 is 0 Å². The van der Waals surface area contributed by atoms with E-state index in [-0.39, 0.29) is 25.2 Å². The lowest BCUT2D eigenvalue weighted by molar-refractivity contribution is -0.139. The van der Waals surface area contributed by atoms with E-state index >= 15 is 0 Å². The van der Waals surface area contributed by atoms with Gasteiger partial charge in [-0.25, -0.2) is 9.59 Å². The van der Waals surface area contributed by atoms with Crippen LogP contribution in [0.1, 0.15) is 45.4 Å². The summed E-state index contributed by atoms with van der Waals surface area (Å²) in [5, 5.41) is 20.7. The average molecular weight is 272 g/mol. The second-order valence-electron chi connectivity index (χ2n) is 4.98. The van der Waals surface area contributed by atoms with Crippen molar-refractivity contribution in [1.29, 1.82) is 0 Å². The third-order valence-electron chi connectivity index (χ3n) is 3.54. The van der Waals surface area contributed by atoms with Gasteiger partial charge in [-0.1, -0.05) is 26.2 Å². The van der Waals surface area contributed by atoms with E-state index in [1.165, 1.54) is 0 Å². The van der Waals surface area contributed by atoms with Gasteiger partial charge in [0.1, 0.15) is 6.04 Å². The van der Waals surface area contributed by atoms with Crippen LogP contribution in [0.3, 0.4) is 0 Å². The first-order chi connectivity index (χ1) is 9.10. The van der Waals surface area contributed by atoms with Crippen LogP contribution in [0.5, 0.6) is 0 Å². The molecule has 0 radical (unpaired) electrons. The highest BCUT2D eigenvalue weighted by molar-refractivity contribution is 5.82. The number of urea groups is 1. The van der Waals surface area contributed by atoms with Gasteiger partial charge in [0.25, 0.3) is 0 Å². The molecule has 0 unspecified atom stereocenters. The van der Waals surface area contributed by atoms with Crippen LogP contribution in [-0.2, 0) is 4.79 Å². The highest BCUT2D eigenvalue weighted by Gasteiger charge is 2.28. The van der Waals surface area contributed by atoms with Crippen molar-refractivity contribution >= 4 is 12.0 Å². The lowest BCUT2D eigenvalue weighted by atomic mass is 10.1. The minimum Gasteiger partial charge on any atom is -0.480 e. The number of aliphatic carboxylic acids is 1. The molecule has 19 heavy (non-hydrogen) atoms. The summed E-state index contributed by atoms with van der Waals surface area (Å²) in [6.45, 7) is 2.04. The molecule has 6 nitrogen and oxygen atoms in total. The van der Waals surface area contributed by atoms with Crippen LogP contribution in [0.15, 0.2) is 0 Å². The molecule has 6 heteroatoms. The predicted molar refractivity (Wildman–Crippen MR) is 70.9 cm³/mol. The zero-order valence-corrected chi connectivity index (χ0v) is 11.5. The maximum atomic E-state index is 12.2. The molecule has 0 aromatic rings. The number of carboxylic acid groups (broad SMARTS) is 1. The summed E-state index contributed by atoms with van der Waals surface area (Å²) in [7, 11) is 0. The van der Waals surface area contributed by atoms with E-state index < -0.39 is 12.0 Å². The molecule has 0 saturated heterocycles. The fourth-order valence-electron chi connectivity index (χ4n) is 2.55. The Labute approximate surface area is 113 Å². The minimum atomic E-state index is -1.01. The van der Waals surface area contributed by atoms with Gasteiger partial charge in [0.05, 0.1) is 6.61 Å². The number of aliphatic hydroxyl groups excluding tert-OH is 1. The van der Waals surface area contributed by atoms with E-state index in [0.29, 0.717) is 12.8 Å². The quantitative estimate of drug-likeness (QED) is 0.649. The molecule has 0 heterocycles. The maximum absolute atomic E-state index is 12.2. The Morgan fingerprint density at radius 1 is 1.37 bits per heavy atom. The molecule has 0 aliphatic heterocycles. The first kappa shape index (κ1) is 15.8. The summed E-state index contributed by atoms with van der Waals surface area (Å²) in [6.07, 6.45) is 5.13. The average Bonchev–Trinajstić information content (AvgIpc) is 2.88. The molecule has 1 aliphatic carbocycles. The standard InChI is InChI=1S/C13H24N2O4/c1-2-5-11(12(17)18)14-13(19)15(8-9-16)10-6-3-4-7-10/h10-11,16H,2-9H2,1H3,(H,14,19)(H,17,18)/t11-/m1/s1. The number of carbonyl (C=O) groups excluding carboxylic acids is 1. The molecule has 1 fully saturated rings. The fourth-order valence-corrected chi connectivity index (χ4v) is 2.55. The highest BCUT2D eigenvalue weighted by atomic mass is 16.4. The number of rotatable bonds is 7. The molecule has 1 rings (SSSR count). The molecule has 0 spiro atoms. The predicted octanol–water partition coefficient (Wildman–Crippen LogP) is 1.19. The lowest BCUT2D eigenvalue weighted by Crippen LogP contribution is -2.51. The number of hydrogen-bond donors (Lipinski definition) is 3. The number of carbonyl (C=O) groups is 2. The Balaban J connectivity index is 2.61. The van der Waals surface area contributed by atoms with Gasteiger partial charge in [0.2, 0.25) is 0 Å². The van der Waals surface area contributed by atoms with E-state index in [1.54, 1.807) is 4.90 Å². The topological polar surface area (TPSA) is 89.9 Å². The highest BCUT2D eigenvalue weighted by Crippen LogP contribution is 2.23. The summed E-state index contributed by atoms with van der Waals surface area (Å²) in [6, 6.07) is -1.09. The van der Waals surface area contributed by atoms with E-state index in [9.17, 15) is 9.59 Å². The van der Waals surface area contributed by atoms with Crippen molar-refractivity contribution in [2.45, 2.75) is 57.5 Å². The summed E-state index contributed by atoms with van der Waals surface area (Å²) in [5.41, 5.74) is 0. The van der Waals surface area contributed by atoms with E-state index in [4.69, 9.17) is 10.2 Å². The Morgan fingerprint density at radius 2 is 2.00 bits per heavy atom. The zero-order chi connectivity index (χ0) is 14.3. The molecule has 110 valence electrons. The van der Waals surface area contributed by atoms with Crippen molar-refractivity contribution in [3.63, 3.8) is 0 Å². The first-order valence-electron chi connectivity index (χ1n) is 7.01. The SMILES string of the molecule is CCC[C@@H](NC(=O)N(CCO)C1CCCC1)C(=O)O. The summed E-state index contributed by atoms with van der Waals surface area (Å²) < 4.78 is 0. The number of hydrogen-bond acceptors (Lipinski definition) is 3. The van der Waals surface area contributed by atoms with Crippen LogP contribution in [0, 0.1) is 0 Å². The van der Waals surface area contributed by atoms with Gasteiger partial charge >= 0.3 is 12.0 Å². The van der Waals surface area contributed by atoms with E-state index in [0.717, 1.165) is 25.7 Å². The van der Waals surface area contributed by atoms with Crippen LogP contribution < -0.4 is 5.32 Å². The second kappa shape index (κ2) is 7.99. The van der Waals surface area contributed by atoms with Crippen LogP contribution in [-0.4, -0.2) is 52.3 Å². The molecule has 1 saturated carbocycles. The lowest BCUT2D eigenvalue weighted by Gasteiger charge is -2.29. The van der Waals surface area contributed by atoms with Crippen molar-refractivity contribution in [1.82, 2.24) is 10.2 Å². The molecular formula is C13H24N2O4. The molecule has 0 bridgehead atoms. The Hall–Kier alpha value is -1.30. The Morgan fingerprint density at radius 3 is 2.47 bits per heavy atom. The van der Waals surface area contributed by atoms with Crippen LogP contribution in [0.25, 0.3) is 0 Å². The molecule has 0 aromatic carbocycles. The Bertz CT molecular complexity index is 303. The van der Waals surface area contributed by atoms with Gasteiger partial charge in [-0.3, -0.25) is 0 Å². The summed E-state index contributed by atoms with van der Waals surface area (Å²) >= 11 is 0. The smallest absolute Gasteiger partial charge is 0.326 e. The number of carboxylic acids is 1. The third kappa shape index (κ3) is 4.70. The zero-order valence-electron chi connectivity index (χ0n) is 11.5. The minimum absolute atomic E-state index is 0.102. The summed E-state index contributed by atoms with van der Waals surface area (Å²) in [4.78, 5) is 24.8. The molecule has 0 aromatic heterocycles. The summed E-state index contributed by atoms with van der Waals surface area (Å²) in [5.74, 6) is -1.01. The fraction of sp³-hybridized carbons (Fsp3) is 0.846. The molecule has 2 amide bonds. The van der Waals surface area contributed by atoms with Gasteiger partial charge in [0.15, 0.2) is 0 Å². The van der Waals surface area contributed by atoms with Crippen LogP contribution in [0.4, 0.5) is 4.79 Å². The van der Waals surface area contributed by atoms with Crippen molar-refractivity contribution in [3.8, 4) is 0 Å². The van der Waals surface area contributed by atoms with Gasteiger partial charge in [-0.15, -0.1) is 0 Å². The number of nitrogens with one attached hydrogen (secondary N) is 1. The molecular weight excluding hydrogens is 248 g/mol. The Kier molecular flexibility index (Phi) is 6.62. The second-order valence-corrected chi connectivity index (χ2v) is 4.98. The van der Waals surface area contributed by atoms with Gasteiger partial charge < -0.3 is 20.4 Å². The molecule has 3 N–H and O–H groups in total. The van der Waals surface area contributed by atoms with Crippen molar-refractivity contribution < 1.29 is 19.8 Å². The van der Waals surface area contributed by atoms with E-state index in [2.05, 4.69) is 5.32 Å². The molecule has 1 atom stereocenters. The third-order valence-corrected chi connectivity index (χ3v) is 3.54. The van der Waals surface area contributed by atoms with Gasteiger partial charge in [-0.2, -0.15) is 0 Å². The largest absolute Gasteiger partial charge is 0.480 e. The number of nitrogens with zero attached hydrogens (tertiary/aromatic N) is 1. The number of amides is 2. The van der Waals surface area contributed by atoms with Crippen LogP contribution in [0.2, 0.25) is 0 Å². The number of aliphatic hydroxyl groups is 1. The first-order valence-corrected chi connectivity index (χ1v) is 7.01.